The van der Waals surface area contributed by atoms with Crippen molar-refractivity contribution in [1.82, 2.24) is 25.5 Å². The molecule has 3 heterocycles. The molecule has 1 aromatic rings. The third-order valence-electron chi connectivity index (χ3n) is 5.59. The van der Waals surface area contributed by atoms with Crippen LogP contribution in [0.2, 0.25) is 0 Å². The quantitative estimate of drug-likeness (QED) is 0.833. The Balaban J connectivity index is 1.36. The van der Waals surface area contributed by atoms with Gasteiger partial charge in [0.25, 0.3) is 5.91 Å². The van der Waals surface area contributed by atoms with Crippen molar-refractivity contribution in [2.45, 2.75) is 50.6 Å². The number of rotatable bonds is 3. The van der Waals surface area contributed by atoms with E-state index >= 15 is 0 Å². The fraction of sp³-hybridized carbons (Fsp3) is 0.706. The largest absolute Gasteiger partial charge is 0.354 e. The molecule has 1 amide bonds. The van der Waals surface area contributed by atoms with E-state index in [4.69, 9.17) is 0 Å². The van der Waals surface area contributed by atoms with Crippen LogP contribution in [0.15, 0.2) is 12.4 Å². The number of piperazine rings is 1. The first kappa shape index (κ1) is 16.7. The molecule has 0 bridgehead atoms. The Morgan fingerprint density at radius 3 is 2.60 bits per heavy atom. The molecule has 8 heteroatoms. The molecular weight excluding hydrogens is 323 g/mol. The van der Waals surface area contributed by atoms with E-state index in [1.807, 2.05) is 0 Å². The first-order valence-electron chi connectivity index (χ1n) is 9.13. The van der Waals surface area contributed by atoms with Crippen molar-refractivity contribution in [2.24, 2.45) is 0 Å². The second kappa shape index (κ2) is 6.84. The molecule has 0 spiro atoms. The van der Waals surface area contributed by atoms with Crippen LogP contribution in [0.4, 0.5) is 10.2 Å². The number of hydrogen-bond acceptors (Lipinski definition) is 6. The second-order valence-corrected chi connectivity index (χ2v) is 7.22. The first-order valence-corrected chi connectivity index (χ1v) is 9.13. The van der Waals surface area contributed by atoms with Gasteiger partial charge in [-0.05, 0) is 19.8 Å². The van der Waals surface area contributed by atoms with Crippen molar-refractivity contribution in [3.63, 3.8) is 0 Å². The maximum absolute atomic E-state index is 13.6. The Morgan fingerprint density at radius 2 is 1.96 bits per heavy atom. The summed E-state index contributed by atoms with van der Waals surface area (Å²) in [5.41, 5.74) is 1.16. The second-order valence-electron chi connectivity index (χ2n) is 7.22. The molecule has 7 nitrogen and oxygen atoms in total. The summed E-state index contributed by atoms with van der Waals surface area (Å²) >= 11 is 0. The molecule has 4 rings (SSSR count). The maximum atomic E-state index is 13.6. The van der Waals surface area contributed by atoms with Crippen LogP contribution in [0, 0.1) is 0 Å². The van der Waals surface area contributed by atoms with Crippen LogP contribution in [-0.4, -0.2) is 65.5 Å². The summed E-state index contributed by atoms with van der Waals surface area (Å²) in [6, 6.07) is 1.65. The van der Waals surface area contributed by atoms with E-state index < -0.39 is 18.1 Å². The van der Waals surface area contributed by atoms with Crippen LogP contribution in [0.25, 0.3) is 0 Å². The van der Waals surface area contributed by atoms with Crippen LogP contribution in [0.1, 0.15) is 37.8 Å². The maximum Gasteiger partial charge on any atom is 0.258 e. The van der Waals surface area contributed by atoms with E-state index in [1.165, 1.54) is 19.3 Å². The number of hydrogen-bond donors (Lipinski definition) is 2. The smallest absolute Gasteiger partial charge is 0.258 e. The average molecular weight is 348 g/mol. The molecule has 136 valence electrons. The number of carbonyl (C=O) groups is 1. The highest BCUT2D eigenvalue weighted by Gasteiger charge is 2.36. The number of anilines is 1. The van der Waals surface area contributed by atoms with Crippen molar-refractivity contribution in [1.29, 1.82) is 0 Å². The van der Waals surface area contributed by atoms with E-state index in [0.29, 0.717) is 5.92 Å². The molecule has 3 aliphatic rings. The fourth-order valence-corrected chi connectivity index (χ4v) is 3.68. The Morgan fingerprint density at radius 1 is 1.20 bits per heavy atom. The van der Waals surface area contributed by atoms with Gasteiger partial charge in [0.05, 0.1) is 0 Å². The average Bonchev–Trinajstić information content (AvgIpc) is 2.58. The van der Waals surface area contributed by atoms with Crippen molar-refractivity contribution in [3.05, 3.63) is 18.1 Å². The number of nitrogens with zero attached hydrogens (tertiary/aromatic N) is 4. The third-order valence-corrected chi connectivity index (χ3v) is 5.59. The Bertz CT molecular complexity index is 631. The van der Waals surface area contributed by atoms with Crippen LogP contribution in [0.5, 0.6) is 0 Å². The molecule has 2 aliphatic heterocycles. The highest BCUT2D eigenvalue weighted by Crippen LogP contribution is 2.35. The van der Waals surface area contributed by atoms with Crippen LogP contribution in [-0.2, 0) is 4.79 Å². The lowest BCUT2D eigenvalue weighted by Gasteiger charge is -2.43. The van der Waals surface area contributed by atoms with E-state index in [1.54, 1.807) is 13.3 Å². The van der Waals surface area contributed by atoms with E-state index in [-0.39, 0.29) is 6.29 Å². The number of halogens is 1. The molecule has 25 heavy (non-hydrogen) atoms. The molecule has 3 atom stereocenters. The number of aromatic nitrogens is 2. The topological polar surface area (TPSA) is 73.4 Å². The molecule has 0 radical (unpaired) electrons. The van der Waals surface area contributed by atoms with Gasteiger partial charge in [0.15, 0.2) is 6.17 Å². The molecular formula is C17H25FN6O. The van der Waals surface area contributed by atoms with Crippen molar-refractivity contribution in [2.75, 3.05) is 31.1 Å². The Labute approximate surface area is 147 Å². The monoisotopic (exact) mass is 348 g/mol. The number of nitrogens with one attached hydrogen (secondary N) is 2. The molecule has 2 saturated heterocycles. The van der Waals surface area contributed by atoms with Crippen LogP contribution >= 0.6 is 0 Å². The van der Waals surface area contributed by atoms with Gasteiger partial charge in [-0.3, -0.25) is 15.0 Å². The van der Waals surface area contributed by atoms with Gasteiger partial charge in [-0.15, -0.1) is 0 Å². The van der Waals surface area contributed by atoms with Gasteiger partial charge < -0.3 is 10.2 Å². The summed E-state index contributed by atoms with van der Waals surface area (Å²) in [5.74, 6) is 1.05. The standard InChI is InChI=1S/C17H25FN6O/c1-11-15(18)16(25)22-17(21-11)24-7-5-23(6-8-24)14-9-13(19-10-20-14)12-3-2-4-12/h9-12,15,17,21H,2-8H2,1H3,(H,22,25). The summed E-state index contributed by atoms with van der Waals surface area (Å²) in [6.45, 7) is 4.91. The SMILES string of the molecule is CC1NC(N2CCN(c3cc(C4CCC4)ncn3)CC2)NC(=O)C1F. The van der Waals surface area contributed by atoms with Gasteiger partial charge in [-0.25, -0.2) is 14.4 Å². The lowest BCUT2D eigenvalue weighted by molar-refractivity contribution is -0.133. The Hall–Kier alpha value is -1.80. The first-order chi connectivity index (χ1) is 12.1. The number of alkyl halides is 1. The zero-order valence-electron chi connectivity index (χ0n) is 14.5. The summed E-state index contributed by atoms with van der Waals surface area (Å²) in [7, 11) is 0. The highest BCUT2D eigenvalue weighted by molar-refractivity contribution is 5.82. The number of carbonyl (C=O) groups excluding carboxylic acids is 1. The highest BCUT2D eigenvalue weighted by atomic mass is 19.1. The lowest BCUT2D eigenvalue weighted by atomic mass is 9.83. The van der Waals surface area contributed by atoms with E-state index in [0.717, 1.165) is 37.7 Å². The van der Waals surface area contributed by atoms with Gasteiger partial charge in [-0.1, -0.05) is 6.42 Å². The summed E-state index contributed by atoms with van der Waals surface area (Å²) in [6.07, 6.45) is 3.63. The molecule has 2 N–H and O–H groups in total. The normalized spacial score (nSPS) is 31.5. The molecule has 3 unspecified atom stereocenters. The van der Waals surface area contributed by atoms with Crippen LogP contribution < -0.4 is 15.5 Å². The zero-order valence-corrected chi connectivity index (χ0v) is 14.5. The summed E-state index contributed by atoms with van der Waals surface area (Å²) < 4.78 is 13.6. The summed E-state index contributed by atoms with van der Waals surface area (Å²) in [5, 5.41) is 5.85. The van der Waals surface area contributed by atoms with Gasteiger partial charge >= 0.3 is 0 Å². The van der Waals surface area contributed by atoms with Gasteiger partial charge in [0.1, 0.15) is 18.4 Å². The molecule has 1 saturated carbocycles. The van der Waals surface area contributed by atoms with Crippen molar-refractivity contribution in [3.8, 4) is 0 Å². The van der Waals surface area contributed by atoms with E-state index in [2.05, 4.69) is 36.5 Å². The van der Waals surface area contributed by atoms with E-state index in [9.17, 15) is 9.18 Å². The third kappa shape index (κ3) is 3.32. The Kier molecular flexibility index (Phi) is 4.56. The summed E-state index contributed by atoms with van der Waals surface area (Å²) in [4.78, 5) is 25.0. The predicted molar refractivity (Wildman–Crippen MR) is 91.8 cm³/mol. The van der Waals surface area contributed by atoms with Gasteiger partial charge in [0.2, 0.25) is 0 Å². The van der Waals surface area contributed by atoms with Gasteiger partial charge in [-0.2, -0.15) is 0 Å². The number of amides is 1. The fourth-order valence-electron chi connectivity index (χ4n) is 3.68. The minimum Gasteiger partial charge on any atom is -0.354 e. The molecule has 3 fully saturated rings. The lowest BCUT2D eigenvalue weighted by Crippen LogP contribution is -2.69. The van der Waals surface area contributed by atoms with Crippen molar-refractivity contribution < 1.29 is 9.18 Å². The molecule has 0 aromatic carbocycles. The molecule has 1 aliphatic carbocycles. The van der Waals surface area contributed by atoms with Crippen LogP contribution in [0.3, 0.4) is 0 Å². The van der Waals surface area contributed by atoms with Crippen molar-refractivity contribution >= 4 is 11.7 Å². The van der Waals surface area contributed by atoms with Gasteiger partial charge in [0, 0.05) is 49.9 Å². The zero-order chi connectivity index (χ0) is 17.4. The minimum absolute atomic E-state index is 0.299. The molecule has 1 aromatic heterocycles. The minimum atomic E-state index is -1.48. The predicted octanol–water partition coefficient (Wildman–Crippen LogP) is 0.596.